The van der Waals surface area contributed by atoms with Crippen molar-refractivity contribution >= 4 is 23.5 Å². The number of hydrogen-bond donors (Lipinski definition) is 2. The summed E-state index contributed by atoms with van der Waals surface area (Å²) in [5.41, 5.74) is 0.692. The number of carboxylic acid groups (broad SMARTS) is 1. The van der Waals surface area contributed by atoms with Crippen molar-refractivity contribution in [2.24, 2.45) is 5.92 Å². The number of carboxylic acids is 1. The van der Waals surface area contributed by atoms with E-state index in [1.807, 2.05) is 25.1 Å². The van der Waals surface area contributed by atoms with Crippen molar-refractivity contribution in [3.8, 4) is 0 Å². The van der Waals surface area contributed by atoms with Gasteiger partial charge >= 0.3 is 5.97 Å². The van der Waals surface area contributed by atoms with Crippen LogP contribution < -0.4 is 5.32 Å². The second-order valence-electron chi connectivity index (χ2n) is 5.56. The third kappa shape index (κ3) is 5.73. The molecule has 2 N–H and O–H groups in total. The van der Waals surface area contributed by atoms with E-state index < -0.39 is 17.8 Å². The highest BCUT2D eigenvalue weighted by atomic mass is 16.4. The standard InChI is InChI=1S/C17H24N2O4/c1-4-10-19(16(21)13(3)17(22)23)12(2)11-15(20)18-14-8-6-5-7-9-14/h5-9,12-13H,4,10-11H2,1-3H3,(H,18,20)(H,22,23). The van der Waals surface area contributed by atoms with E-state index in [0.29, 0.717) is 18.7 Å². The topological polar surface area (TPSA) is 86.7 Å². The molecule has 6 heteroatoms. The van der Waals surface area contributed by atoms with Crippen LogP contribution in [0.25, 0.3) is 0 Å². The molecule has 2 amide bonds. The van der Waals surface area contributed by atoms with Crippen LogP contribution in [0.2, 0.25) is 0 Å². The van der Waals surface area contributed by atoms with Crippen molar-refractivity contribution in [2.75, 3.05) is 11.9 Å². The maximum absolute atomic E-state index is 12.3. The Bertz CT molecular complexity index is 545. The first-order chi connectivity index (χ1) is 10.9. The van der Waals surface area contributed by atoms with Gasteiger partial charge in [0, 0.05) is 24.7 Å². The summed E-state index contributed by atoms with van der Waals surface area (Å²) in [5, 5.41) is 11.8. The molecule has 0 heterocycles. The molecule has 0 aliphatic carbocycles. The summed E-state index contributed by atoms with van der Waals surface area (Å²) in [6, 6.07) is 8.69. The van der Waals surface area contributed by atoms with Crippen LogP contribution in [0.5, 0.6) is 0 Å². The average molecular weight is 320 g/mol. The molecule has 0 radical (unpaired) electrons. The monoisotopic (exact) mass is 320 g/mol. The lowest BCUT2D eigenvalue weighted by Gasteiger charge is -2.30. The molecule has 0 aromatic heterocycles. The number of nitrogens with one attached hydrogen (secondary N) is 1. The Morgan fingerprint density at radius 3 is 2.30 bits per heavy atom. The maximum atomic E-state index is 12.3. The summed E-state index contributed by atoms with van der Waals surface area (Å²) in [5.74, 6) is -2.93. The first kappa shape index (κ1) is 18.7. The van der Waals surface area contributed by atoms with Crippen LogP contribution in [0.4, 0.5) is 5.69 Å². The highest BCUT2D eigenvalue weighted by Gasteiger charge is 2.29. The summed E-state index contributed by atoms with van der Waals surface area (Å²) in [6.07, 6.45) is 0.815. The quantitative estimate of drug-likeness (QED) is 0.720. The number of nitrogens with zero attached hydrogens (tertiary/aromatic N) is 1. The fourth-order valence-electron chi connectivity index (χ4n) is 2.26. The molecule has 0 aliphatic rings. The lowest BCUT2D eigenvalue weighted by molar-refractivity contribution is -0.151. The normalized spacial score (nSPS) is 13.0. The van der Waals surface area contributed by atoms with Crippen molar-refractivity contribution in [3.05, 3.63) is 30.3 Å². The van der Waals surface area contributed by atoms with Gasteiger partial charge in [-0.15, -0.1) is 0 Å². The second kappa shape index (κ2) is 8.92. The molecule has 6 nitrogen and oxygen atoms in total. The number of carbonyl (C=O) groups excluding carboxylic acids is 2. The summed E-state index contributed by atoms with van der Waals surface area (Å²) >= 11 is 0. The molecule has 2 unspecified atom stereocenters. The molecule has 0 fully saturated rings. The zero-order chi connectivity index (χ0) is 17.4. The van der Waals surface area contributed by atoms with Crippen molar-refractivity contribution in [1.29, 1.82) is 0 Å². The Hall–Kier alpha value is -2.37. The molecule has 0 bridgehead atoms. The number of amides is 2. The van der Waals surface area contributed by atoms with Crippen LogP contribution in [-0.2, 0) is 14.4 Å². The predicted molar refractivity (Wildman–Crippen MR) is 88.0 cm³/mol. The largest absolute Gasteiger partial charge is 0.481 e. The highest BCUT2D eigenvalue weighted by molar-refractivity contribution is 5.97. The second-order valence-corrected chi connectivity index (χ2v) is 5.56. The van der Waals surface area contributed by atoms with Gasteiger partial charge in [-0.2, -0.15) is 0 Å². The van der Waals surface area contributed by atoms with Gasteiger partial charge in [-0.25, -0.2) is 0 Å². The third-order valence-electron chi connectivity index (χ3n) is 3.56. The van der Waals surface area contributed by atoms with Crippen molar-refractivity contribution in [2.45, 2.75) is 39.7 Å². The minimum atomic E-state index is -1.16. The molecular weight excluding hydrogens is 296 g/mol. The third-order valence-corrected chi connectivity index (χ3v) is 3.56. The number of benzene rings is 1. The first-order valence-electron chi connectivity index (χ1n) is 7.75. The van der Waals surface area contributed by atoms with Gasteiger partial charge in [-0.05, 0) is 32.4 Å². The number of carbonyl (C=O) groups is 3. The predicted octanol–water partition coefficient (Wildman–Crippen LogP) is 2.36. The average Bonchev–Trinajstić information content (AvgIpc) is 2.51. The van der Waals surface area contributed by atoms with Crippen LogP contribution in [0.1, 0.15) is 33.6 Å². The van der Waals surface area contributed by atoms with E-state index in [1.165, 1.54) is 11.8 Å². The molecule has 126 valence electrons. The van der Waals surface area contributed by atoms with Crippen LogP contribution in [0.3, 0.4) is 0 Å². The van der Waals surface area contributed by atoms with Gasteiger partial charge in [0.05, 0.1) is 0 Å². The van der Waals surface area contributed by atoms with Crippen LogP contribution in [-0.4, -0.2) is 40.4 Å². The van der Waals surface area contributed by atoms with Crippen LogP contribution >= 0.6 is 0 Å². The first-order valence-corrected chi connectivity index (χ1v) is 7.75. The van der Waals surface area contributed by atoms with Gasteiger partial charge in [-0.1, -0.05) is 25.1 Å². The molecule has 1 rings (SSSR count). The zero-order valence-corrected chi connectivity index (χ0v) is 13.8. The van der Waals surface area contributed by atoms with Crippen LogP contribution in [0, 0.1) is 5.92 Å². The number of rotatable bonds is 8. The lowest BCUT2D eigenvalue weighted by atomic mass is 10.1. The van der Waals surface area contributed by atoms with Crippen molar-refractivity contribution in [3.63, 3.8) is 0 Å². The SMILES string of the molecule is CCCN(C(=O)C(C)C(=O)O)C(C)CC(=O)Nc1ccccc1. The Morgan fingerprint density at radius 2 is 1.78 bits per heavy atom. The van der Waals surface area contributed by atoms with E-state index in [1.54, 1.807) is 19.1 Å². The molecule has 2 atom stereocenters. The maximum Gasteiger partial charge on any atom is 0.315 e. The molecule has 0 aliphatic heterocycles. The fraction of sp³-hybridized carbons (Fsp3) is 0.471. The van der Waals surface area contributed by atoms with Gasteiger partial charge in [0.25, 0.3) is 0 Å². The molecular formula is C17H24N2O4. The van der Waals surface area contributed by atoms with Crippen LogP contribution in [0.15, 0.2) is 30.3 Å². The molecule has 23 heavy (non-hydrogen) atoms. The van der Waals surface area contributed by atoms with E-state index in [9.17, 15) is 14.4 Å². The fourth-order valence-corrected chi connectivity index (χ4v) is 2.26. The van der Waals surface area contributed by atoms with E-state index in [0.717, 1.165) is 0 Å². The minimum absolute atomic E-state index is 0.118. The van der Waals surface area contributed by atoms with Gasteiger partial charge in [0.15, 0.2) is 0 Å². The van der Waals surface area contributed by atoms with Gasteiger partial charge < -0.3 is 15.3 Å². The summed E-state index contributed by atoms with van der Waals surface area (Å²) < 4.78 is 0. The van der Waals surface area contributed by atoms with Gasteiger partial charge in [0.2, 0.25) is 11.8 Å². The summed E-state index contributed by atoms with van der Waals surface area (Å²) in [4.78, 5) is 36.8. The Balaban J connectivity index is 2.70. The molecule has 0 saturated heterocycles. The van der Waals surface area contributed by atoms with E-state index >= 15 is 0 Å². The minimum Gasteiger partial charge on any atom is -0.481 e. The molecule has 1 aromatic rings. The number of aliphatic carboxylic acids is 1. The smallest absolute Gasteiger partial charge is 0.315 e. The Labute approximate surface area is 136 Å². The van der Waals surface area contributed by atoms with E-state index in [4.69, 9.17) is 5.11 Å². The number of hydrogen-bond acceptors (Lipinski definition) is 3. The summed E-state index contributed by atoms with van der Waals surface area (Å²) in [7, 11) is 0. The Morgan fingerprint density at radius 1 is 1.17 bits per heavy atom. The van der Waals surface area contributed by atoms with E-state index in [-0.39, 0.29) is 18.4 Å². The number of anilines is 1. The Kier molecular flexibility index (Phi) is 7.25. The number of para-hydroxylation sites is 1. The van der Waals surface area contributed by atoms with Gasteiger partial charge in [-0.3, -0.25) is 14.4 Å². The molecule has 1 aromatic carbocycles. The van der Waals surface area contributed by atoms with Gasteiger partial charge in [0.1, 0.15) is 5.92 Å². The van der Waals surface area contributed by atoms with Crippen molar-refractivity contribution < 1.29 is 19.5 Å². The molecule has 0 saturated carbocycles. The summed E-state index contributed by atoms with van der Waals surface area (Å²) in [6.45, 7) is 5.45. The molecule has 0 spiro atoms. The lowest BCUT2D eigenvalue weighted by Crippen LogP contribution is -2.45. The van der Waals surface area contributed by atoms with Crippen molar-refractivity contribution in [1.82, 2.24) is 4.90 Å². The zero-order valence-electron chi connectivity index (χ0n) is 13.8. The highest BCUT2D eigenvalue weighted by Crippen LogP contribution is 2.13. The van der Waals surface area contributed by atoms with E-state index in [2.05, 4.69) is 5.32 Å².